The first-order valence-electron chi connectivity index (χ1n) is 7.91. The molecule has 1 aliphatic heterocycles. The molecule has 0 radical (unpaired) electrons. The minimum Gasteiger partial charge on any atom is -0.356 e. The van der Waals surface area contributed by atoms with Gasteiger partial charge in [-0.05, 0) is 64.2 Å². The van der Waals surface area contributed by atoms with Crippen molar-refractivity contribution in [2.24, 2.45) is 11.7 Å². The maximum Gasteiger partial charge on any atom is 0.220 e. The number of hydrogen-bond acceptors (Lipinski definition) is 3. The molecule has 0 saturated carbocycles. The van der Waals surface area contributed by atoms with Gasteiger partial charge in [-0.2, -0.15) is 0 Å². The number of nitrogens with one attached hydrogen (secondary N) is 1. The molecule has 1 fully saturated rings. The molecule has 1 aliphatic rings. The maximum atomic E-state index is 11.6. The van der Waals surface area contributed by atoms with Gasteiger partial charge in [-0.3, -0.25) is 4.79 Å². The highest BCUT2D eigenvalue weighted by Crippen LogP contribution is 2.09. The molecular formula is C15H31N3O. The Morgan fingerprint density at radius 3 is 2.68 bits per heavy atom. The van der Waals surface area contributed by atoms with E-state index in [4.69, 9.17) is 5.73 Å². The van der Waals surface area contributed by atoms with E-state index in [1.807, 2.05) is 0 Å². The number of piperidine rings is 1. The Morgan fingerprint density at radius 1 is 1.26 bits per heavy atom. The first-order chi connectivity index (χ1) is 9.22. The van der Waals surface area contributed by atoms with E-state index in [9.17, 15) is 4.79 Å². The van der Waals surface area contributed by atoms with Gasteiger partial charge in [-0.1, -0.05) is 13.3 Å². The molecule has 3 N–H and O–H groups in total. The van der Waals surface area contributed by atoms with E-state index in [1.165, 1.54) is 32.4 Å². The third kappa shape index (κ3) is 8.22. The summed E-state index contributed by atoms with van der Waals surface area (Å²) in [5.74, 6) is 0.756. The van der Waals surface area contributed by atoms with Gasteiger partial charge in [0.2, 0.25) is 5.91 Å². The van der Waals surface area contributed by atoms with Gasteiger partial charge in [-0.25, -0.2) is 0 Å². The van der Waals surface area contributed by atoms with E-state index >= 15 is 0 Å². The summed E-state index contributed by atoms with van der Waals surface area (Å²) in [6.45, 7) is 7.31. The van der Waals surface area contributed by atoms with Gasteiger partial charge in [-0.15, -0.1) is 0 Å². The lowest BCUT2D eigenvalue weighted by Gasteiger charge is -2.26. The van der Waals surface area contributed by atoms with Crippen LogP contribution >= 0.6 is 0 Å². The zero-order chi connectivity index (χ0) is 13.9. The van der Waals surface area contributed by atoms with E-state index in [-0.39, 0.29) is 5.91 Å². The van der Waals surface area contributed by atoms with Crippen molar-refractivity contribution in [3.63, 3.8) is 0 Å². The van der Waals surface area contributed by atoms with Gasteiger partial charge in [0.1, 0.15) is 0 Å². The summed E-state index contributed by atoms with van der Waals surface area (Å²) in [5.41, 5.74) is 5.50. The number of nitrogens with two attached hydrogens (primary N) is 1. The van der Waals surface area contributed by atoms with Crippen LogP contribution in [0.3, 0.4) is 0 Å². The Labute approximate surface area is 118 Å². The molecule has 4 heteroatoms. The molecule has 1 heterocycles. The molecule has 4 nitrogen and oxygen atoms in total. The molecule has 0 aromatic carbocycles. The molecule has 1 unspecified atom stereocenters. The van der Waals surface area contributed by atoms with E-state index in [1.54, 1.807) is 0 Å². The Morgan fingerprint density at radius 2 is 2.00 bits per heavy atom. The zero-order valence-electron chi connectivity index (χ0n) is 12.5. The largest absolute Gasteiger partial charge is 0.356 e. The van der Waals surface area contributed by atoms with Crippen molar-refractivity contribution in [2.45, 2.75) is 51.9 Å². The number of rotatable bonds is 9. The van der Waals surface area contributed by atoms with Gasteiger partial charge in [0.15, 0.2) is 0 Å². The van der Waals surface area contributed by atoms with Gasteiger partial charge < -0.3 is 16.0 Å². The predicted molar refractivity (Wildman–Crippen MR) is 80.0 cm³/mol. The van der Waals surface area contributed by atoms with Crippen LogP contribution in [0.4, 0.5) is 0 Å². The smallest absolute Gasteiger partial charge is 0.220 e. The Bertz CT molecular complexity index is 240. The lowest BCUT2D eigenvalue weighted by atomic mass is 10.0. The summed E-state index contributed by atoms with van der Waals surface area (Å²) in [4.78, 5) is 14.2. The van der Waals surface area contributed by atoms with Crippen LogP contribution in [0, 0.1) is 5.92 Å². The number of likely N-dealkylation sites (tertiary alicyclic amines) is 1. The normalized spacial score (nSPS) is 18.2. The second kappa shape index (κ2) is 10.2. The topological polar surface area (TPSA) is 58.4 Å². The van der Waals surface area contributed by atoms with Crippen LogP contribution in [0.5, 0.6) is 0 Å². The van der Waals surface area contributed by atoms with Gasteiger partial charge in [0.05, 0.1) is 0 Å². The van der Waals surface area contributed by atoms with Crippen molar-refractivity contribution < 1.29 is 4.79 Å². The molecule has 112 valence electrons. The molecule has 0 spiro atoms. The first kappa shape index (κ1) is 16.4. The molecule has 0 aromatic rings. The standard InChI is InChI=1S/C15H31N3O/c1-14(8-9-16)6-7-15(19)17-10-5-13-18-11-3-2-4-12-18/h14H,2-13,16H2,1H3,(H,17,19). The van der Waals surface area contributed by atoms with Crippen LogP contribution in [-0.2, 0) is 4.79 Å². The van der Waals surface area contributed by atoms with Crippen LogP contribution in [0.1, 0.15) is 51.9 Å². The van der Waals surface area contributed by atoms with Crippen molar-refractivity contribution in [1.29, 1.82) is 0 Å². The van der Waals surface area contributed by atoms with Crippen LogP contribution < -0.4 is 11.1 Å². The van der Waals surface area contributed by atoms with Crippen molar-refractivity contribution in [3.05, 3.63) is 0 Å². The Kier molecular flexibility index (Phi) is 8.84. The van der Waals surface area contributed by atoms with E-state index < -0.39 is 0 Å². The molecule has 0 aliphatic carbocycles. The molecule has 1 rings (SSSR count). The summed E-state index contributed by atoms with van der Waals surface area (Å²) >= 11 is 0. The van der Waals surface area contributed by atoms with E-state index in [0.29, 0.717) is 12.3 Å². The molecule has 1 amide bonds. The second-order valence-corrected chi connectivity index (χ2v) is 5.83. The number of amides is 1. The van der Waals surface area contributed by atoms with Gasteiger partial charge in [0.25, 0.3) is 0 Å². The van der Waals surface area contributed by atoms with E-state index in [0.717, 1.165) is 38.9 Å². The summed E-state index contributed by atoms with van der Waals surface area (Å²) in [6, 6.07) is 0. The fourth-order valence-corrected chi connectivity index (χ4v) is 2.61. The fourth-order valence-electron chi connectivity index (χ4n) is 2.61. The minimum atomic E-state index is 0.197. The Balaban J connectivity index is 1.94. The van der Waals surface area contributed by atoms with Crippen molar-refractivity contribution >= 4 is 5.91 Å². The molecular weight excluding hydrogens is 238 g/mol. The fraction of sp³-hybridized carbons (Fsp3) is 0.933. The Hall–Kier alpha value is -0.610. The molecule has 0 aromatic heterocycles. The highest BCUT2D eigenvalue weighted by molar-refractivity contribution is 5.75. The SMILES string of the molecule is CC(CCN)CCC(=O)NCCCN1CCCCC1. The average molecular weight is 269 g/mol. The zero-order valence-corrected chi connectivity index (χ0v) is 12.5. The molecule has 19 heavy (non-hydrogen) atoms. The third-order valence-electron chi connectivity index (χ3n) is 3.95. The second-order valence-electron chi connectivity index (χ2n) is 5.83. The number of carbonyl (C=O) groups excluding carboxylic acids is 1. The van der Waals surface area contributed by atoms with Crippen LogP contribution in [0.15, 0.2) is 0 Å². The lowest BCUT2D eigenvalue weighted by molar-refractivity contribution is -0.121. The maximum absolute atomic E-state index is 11.6. The summed E-state index contributed by atoms with van der Waals surface area (Å²) in [7, 11) is 0. The number of nitrogens with zero attached hydrogens (tertiary/aromatic N) is 1. The molecule has 0 bridgehead atoms. The van der Waals surface area contributed by atoms with Gasteiger partial charge >= 0.3 is 0 Å². The van der Waals surface area contributed by atoms with Crippen LogP contribution in [-0.4, -0.2) is 43.5 Å². The summed E-state index contributed by atoms with van der Waals surface area (Å²) in [6.07, 6.45) is 7.75. The quantitative estimate of drug-likeness (QED) is 0.627. The highest BCUT2D eigenvalue weighted by Gasteiger charge is 2.09. The summed E-state index contributed by atoms with van der Waals surface area (Å²) < 4.78 is 0. The van der Waals surface area contributed by atoms with E-state index in [2.05, 4.69) is 17.1 Å². The number of carbonyl (C=O) groups is 1. The van der Waals surface area contributed by atoms with Crippen molar-refractivity contribution in [3.8, 4) is 0 Å². The van der Waals surface area contributed by atoms with Crippen LogP contribution in [0.25, 0.3) is 0 Å². The lowest BCUT2D eigenvalue weighted by Crippen LogP contribution is -2.33. The predicted octanol–water partition coefficient (Wildman–Crippen LogP) is 1.74. The first-order valence-corrected chi connectivity index (χ1v) is 7.91. The highest BCUT2D eigenvalue weighted by atomic mass is 16.1. The molecule has 1 atom stereocenters. The van der Waals surface area contributed by atoms with Gasteiger partial charge in [0, 0.05) is 13.0 Å². The average Bonchev–Trinajstić information content (AvgIpc) is 2.43. The van der Waals surface area contributed by atoms with Crippen molar-refractivity contribution in [2.75, 3.05) is 32.7 Å². The molecule has 1 saturated heterocycles. The van der Waals surface area contributed by atoms with Crippen LogP contribution in [0.2, 0.25) is 0 Å². The van der Waals surface area contributed by atoms with Crippen molar-refractivity contribution in [1.82, 2.24) is 10.2 Å². The number of hydrogen-bond donors (Lipinski definition) is 2. The third-order valence-corrected chi connectivity index (χ3v) is 3.95. The summed E-state index contributed by atoms with van der Waals surface area (Å²) in [5, 5.41) is 3.02. The minimum absolute atomic E-state index is 0.197. The monoisotopic (exact) mass is 269 g/mol.